The van der Waals surface area contributed by atoms with Crippen LogP contribution in [-0.2, 0) is 5.41 Å². The zero-order valence-electron chi connectivity index (χ0n) is 10.4. The van der Waals surface area contributed by atoms with Crippen LogP contribution < -0.4 is 0 Å². The number of pyridine rings is 1. The molecule has 90 valence electrons. The lowest BCUT2D eigenvalue weighted by atomic mass is 9.96. The van der Waals surface area contributed by atoms with E-state index in [1.54, 1.807) is 16.6 Å². The molecule has 1 N–H and O–H groups in total. The monoisotopic (exact) mass is 233 g/mol. The lowest BCUT2D eigenvalue weighted by molar-refractivity contribution is 0.0698. The first-order valence-corrected chi connectivity index (χ1v) is 5.41. The minimum absolute atomic E-state index is 0.179. The maximum absolute atomic E-state index is 11.1. The van der Waals surface area contributed by atoms with Crippen molar-refractivity contribution in [1.82, 2.24) is 14.6 Å². The molecule has 2 aromatic heterocycles. The summed E-state index contributed by atoms with van der Waals surface area (Å²) in [5.74, 6) is -0.336. The summed E-state index contributed by atoms with van der Waals surface area (Å²) in [7, 11) is 0. The predicted molar refractivity (Wildman–Crippen MR) is 63.4 cm³/mol. The highest BCUT2D eigenvalue weighted by Crippen LogP contribution is 2.21. The molecule has 0 fully saturated rings. The Balaban J connectivity index is 2.79. The van der Waals surface area contributed by atoms with E-state index in [-0.39, 0.29) is 11.0 Å². The summed E-state index contributed by atoms with van der Waals surface area (Å²) in [5.41, 5.74) is 1.25. The first-order chi connectivity index (χ1) is 7.80. The molecule has 5 nitrogen and oxygen atoms in total. The maximum atomic E-state index is 11.1. The summed E-state index contributed by atoms with van der Waals surface area (Å²) in [6.45, 7) is 7.87. The van der Waals surface area contributed by atoms with Crippen molar-refractivity contribution >= 4 is 11.6 Å². The lowest BCUT2D eigenvalue weighted by Crippen LogP contribution is -2.13. The lowest BCUT2D eigenvalue weighted by Gasteiger charge is -2.11. The van der Waals surface area contributed by atoms with Crippen molar-refractivity contribution in [3.05, 3.63) is 29.2 Å². The molecule has 2 aromatic rings. The van der Waals surface area contributed by atoms with E-state index < -0.39 is 5.97 Å². The smallest absolute Gasteiger partial charge is 0.339 e. The first-order valence-electron chi connectivity index (χ1n) is 5.41. The van der Waals surface area contributed by atoms with Crippen molar-refractivity contribution in [2.75, 3.05) is 0 Å². The van der Waals surface area contributed by atoms with Gasteiger partial charge >= 0.3 is 5.97 Å². The second-order valence-corrected chi connectivity index (χ2v) is 5.11. The normalized spacial score (nSPS) is 12.0. The third-order valence-electron chi connectivity index (χ3n) is 2.57. The maximum Gasteiger partial charge on any atom is 0.339 e. The van der Waals surface area contributed by atoms with Crippen LogP contribution >= 0.6 is 0 Å². The second-order valence-electron chi connectivity index (χ2n) is 5.11. The van der Waals surface area contributed by atoms with Crippen LogP contribution in [0.5, 0.6) is 0 Å². The van der Waals surface area contributed by atoms with E-state index in [0.29, 0.717) is 11.5 Å². The molecule has 0 radical (unpaired) electrons. The molecule has 0 spiro atoms. The van der Waals surface area contributed by atoms with Crippen LogP contribution in [-0.4, -0.2) is 25.7 Å². The number of fused-ring (bicyclic) bond motifs is 1. The van der Waals surface area contributed by atoms with Gasteiger partial charge in [0.25, 0.3) is 0 Å². The quantitative estimate of drug-likeness (QED) is 0.818. The fraction of sp³-hybridized carbons (Fsp3) is 0.417. The van der Waals surface area contributed by atoms with Gasteiger partial charge in [-0.15, -0.1) is 0 Å². The SMILES string of the molecule is Cc1ccc(C(=O)O)c2nc(C(C)(C)C)nn12. The van der Waals surface area contributed by atoms with Gasteiger partial charge in [-0.3, -0.25) is 0 Å². The molecule has 17 heavy (non-hydrogen) atoms. The Morgan fingerprint density at radius 3 is 2.53 bits per heavy atom. The number of rotatable bonds is 1. The molecule has 0 unspecified atom stereocenters. The minimum atomic E-state index is -0.983. The Bertz CT molecular complexity index is 594. The number of aryl methyl sites for hydroxylation is 1. The number of carboxylic acids is 1. The highest BCUT2D eigenvalue weighted by Gasteiger charge is 2.22. The van der Waals surface area contributed by atoms with Gasteiger partial charge in [0.15, 0.2) is 11.5 Å². The number of hydrogen-bond donors (Lipinski definition) is 1. The summed E-state index contributed by atoms with van der Waals surface area (Å²) in [6.07, 6.45) is 0. The highest BCUT2D eigenvalue weighted by atomic mass is 16.4. The molecule has 0 saturated heterocycles. The average molecular weight is 233 g/mol. The van der Waals surface area contributed by atoms with Gasteiger partial charge in [0.05, 0.1) is 0 Å². The van der Waals surface area contributed by atoms with E-state index in [1.165, 1.54) is 0 Å². The van der Waals surface area contributed by atoms with Gasteiger partial charge in [-0.05, 0) is 19.1 Å². The fourth-order valence-electron chi connectivity index (χ4n) is 1.57. The molecular weight excluding hydrogens is 218 g/mol. The van der Waals surface area contributed by atoms with Gasteiger partial charge in [-0.2, -0.15) is 5.10 Å². The number of aromatic nitrogens is 3. The zero-order valence-corrected chi connectivity index (χ0v) is 10.4. The van der Waals surface area contributed by atoms with Crippen LogP contribution in [0.2, 0.25) is 0 Å². The first kappa shape index (κ1) is 11.6. The number of carbonyl (C=O) groups is 1. The van der Waals surface area contributed by atoms with Crippen LogP contribution in [0.1, 0.15) is 42.6 Å². The molecule has 2 rings (SSSR count). The molecule has 2 heterocycles. The summed E-state index contributed by atoms with van der Waals surface area (Å²) in [6, 6.07) is 3.30. The van der Waals surface area contributed by atoms with E-state index in [0.717, 1.165) is 5.69 Å². The Labute approximate surface area is 99.1 Å². The molecule has 5 heteroatoms. The molecule has 0 aliphatic carbocycles. The van der Waals surface area contributed by atoms with Crippen LogP contribution in [0.3, 0.4) is 0 Å². The van der Waals surface area contributed by atoms with Crippen molar-refractivity contribution in [2.45, 2.75) is 33.1 Å². The number of carboxylic acid groups (broad SMARTS) is 1. The van der Waals surface area contributed by atoms with Crippen molar-refractivity contribution in [1.29, 1.82) is 0 Å². The van der Waals surface area contributed by atoms with Crippen molar-refractivity contribution in [3.63, 3.8) is 0 Å². The second kappa shape index (κ2) is 3.55. The molecule has 0 atom stereocenters. The highest BCUT2D eigenvalue weighted by molar-refractivity contribution is 5.94. The van der Waals surface area contributed by atoms with Crippen molar-refractivity contribution in [3.8, 4) is 0 Å². The van der Waals surface area contributed by atoms with Crippen LogP contribution in [0.25, 0.3) is 5.65 Å². The summed E-state index contributed by atoms with van der Waals surface area (Å²) >= 11 is 0. The number of aromatic carboxylic acids is 1. The van der Waals surface area contributed by atoms with E-state index in [9.17, 15) is 4.79 Å². The predicted octanol–water partition coefficient (Wildman–Crippen LogP) is 2.03. The van der Waals surface area contributed by atoms with Gasteiger partial charge in [0.1, 0.15) is 5.56 Å². The third kappa shape index (κ3) is 1.88. The summed E-state index contributed by atoms with van der Waals surface area (Å²) in [4.78, 5) is 15.4. The molecule has 0 aromatic carbocycles. The molecule has 0 aliphatic rings. The van der Waals surface area contributed by atoms with Gasteiger partial charge in [-0.25, -0.2) is 14.3 Å². The topological polar surface area (TPSA) is 67.5 Å². The molecule has 0 bridgehead atoms. The van der Waals surface area contributed by atoms with Crippen molar-refractivity contribution < 1.29 is 9.90 Å². The standard InChI is InChI=1S/C12H15N3O2/c1-7-5-6-8(10(16)17)9-13-11(12(2,3)4)14-15(7)9/h5-6H,1-4H3,(H,16,17). The molecule has 0 aliphatic heterocycles. The number of hydrogen-bond acceptors (Lipinski definition) is 3. The van der Waals surface area contributed by atoms with Crippen LogP contribution in [0.4, 0.5) is 0 Å². The van der Waals surface area contributed by atoms with E-state index >= 15 is 0 Å². The largest absolute Gasteiger partial charge is 0.478 e. The Hall–Kier alpha value is -1.91. The molecule has 0 amide bonds. The molecular formula is C12H15N3O2. The van der Waals surface area contributed by atoms with E-state index in [1.807, 2.05) is 27.7 Å². The van der Waals surface area contributed by atoms with Crippen LogP contribution in [0.15, 0.2) is 12.1 Å². The fourth-order valence-corrected chi connectivity index (χ4v) is 1.57. The van der Waals surface area contributed by atoms with Gasteiger partial charge in [0, 0.05) is 11.1 Å². The molecule has 0 saturated carbocycles. The van der Waals surface area contributed by atoms with Crippen LogP contribution in [0, 0.1) is 6.92 Å². The number of nitrogens with zero attached hydrogens (tertiary/aromatic N) is 3. The summed E-state index contributed by atoms with van der Waals surface area (Å²) < 4.78 is 1.59. The van der Waals surface area contributed by atoms with E-state index in [4.69, 9.17) is 5.11 Å². The van der Waals surface area contributed by atoms with Gasteiger partial charge < -0.3 is 5.11 Å². The van der Waals surface area contributed by atoms with Gasteiger partial charge in [0.2, 0.25) is 0 Å². The summed E-state index contributed by atoms with van der Waals surface area (Å²) in [5, 5.41) is 13.5. The van der Waals surface area contributed by atoms with Crippen molar-refractivity contribution in [2.24, 2.45) is 0 Å². The Morgan fingerprint density at radius 2 is 2.00 bits per heavy atom. The minimum Gasteiger partial charge on any atom is -0.478 e. The Kier molecular flexibility index (Phi) is 2.41. The zero-order chi connectivity index (χ0) is 12.8. The van der Waals surface area contributed by atoms with E-state index in [2.05, 4.69) is 10.1 Å². The average Bonchev–Trinajstić information content (AvgIpc) is 2.62. The third-order valence-corrected chi connectivity index (χ3v) is 2.57. The Morgan fingerprint density at radius 1 is 1.35 bits per heavy atom. The van der Waals surface area contributed by atoms with Gasteiger partial charge in [-0.1, -0.05) is 20.8 Å².